The fourth-order valence-electron chi connectivity index (χ4n) is 2.64. The van der Waals surface area contributed by atoms with Gasteiger partial charge in [-0.25, -0.2) is 0 Å². The molecule has 2 aromatic carbocycles. The molecule has 0 saturated carbocycles. The third-order valence-corrected chi connectivity index (χ3v) is 6.67. The van der Waals surface area contributed by atoms with Gasteiger partial charge in [0.2, 0.25) is 5.13 Å². The zero-order chi connectivity index (χ0) is 19.7. The average molecular weight is 450 g/mol. The quantitative estimate of drug-likeness (QED) is 0.280. The van der Waals surface area contributed by atoms with Gasteiger partial charge in [-0.3, -0.25) is 10.1 Å². The number of nitrogens with one attached hydrogen (secondary N) is 1. The summed E-state index contributed by atoms with van der Waals surface area (Å²) in [6.45, 7) is 1.82. The number of aromatic nitrogens is 2. The first-order chi connectivity index (χ1) is 13.5. The number of aryl methyl sites for hydroxylation is 1. The SMILES string of the molecule is Cc1c(C(=O)Nc2nnc(SCc3ccccc3Cl)s2)oc2ccc(Cl)cc12. The van der Waals surface area contributed by atoms with Crippen LogP contribution in [0.2, 0.25) is 10.0 Å². The molecule has 4 aromatic rings. The largest absolute Gasteiger partial charge is 0.451 e. The summed E-state index contributed by atoms with van der Waals surface area (Å²) >= 11 is 15.0. The van der Waals surface area contributed by atoms with Crippen LogP contribution in [0, 0.1) is 6.92 Å². The maximum absolute atomic E-state index is 12.6. The number of benzene rings is 2. The fraction of sp³-hybridized carbons (Fsp3) is 0.105. The molecule has 0 aliphatic carbocycles. The number of carbonyl (C=O) groups excluding carboxylic acids is 1. The minimum atomic E-state index is -0.372. The molecule has 2 heterocycles. The molecule has 0 unspecified atom stereocenters. The second-order valence-electron chi connectivity index (χ2n) is 5.90. The Kier molecular flexibility index (Phi) is 5.59. The Morgan fingerprint density at radius 2 is 2.04 bits per heavy atom. The lowest BCUT2D eigenvalue weighted by Crippen LogP contribution is -2.11. The van der Waals surface area contributed by atoms with Crippen LogP contribution in [-0.4, -0.2) is 16.1 Å². The predicted octanol–water partition coefficient (Wildman–Crippen LogP) is 6.44. The number of carbonyl (C=O) groups is 1. The summed E-state index contributed by atoms with van der Waals surface area (Å²) in [4.78, 5) is 12.6. The van der Waals surface area contributed by atoms with Crippen molar-refractivity contribution < 1.29 is 9.21 Å². The monoisotopic (exact) mass is 449 g/mol. The van der Waals surface area contributed by atoms with E-state index in [9.17, 15) is 4.79 Å². The number of furan rings is 1. The van der Waals surface area contributed by atoms with Gasteiger partial charge in [-0.2, -0.15) is 0 Å². The topological polar surface area (TPSA) is 68.0 Å². The van der Waals surface area contributed by atoms with E-state index >= 15 is 0 Å². The third kappa shape index (κ3) is 4.03. The Labute approximate surface area is 179 Å². The van der Waals surface area contributed by atoms with Crippen LogP contribution in [0.25, 0.3) is 11.0 Å². The molecule has 0 spiro atoms. The minimum absolute atomic E-state index is 0.234. The van der Waals surface area contributed by atoms with Gasteiger partial charge in [0.05, 0.1) is 0 Å². The zero-order valence-corrected chi connectivity index (χ0v) is 17.7. The van der Waals surface area contributed by atoms with Crippen molar-refractivity contribution in [1.82, 2.24) is 10.2 Å². The number of nitrogens with zero attached hydrogens (tertiary/aromatic N) is 2. The van der Waals surface area contributed by atoms with E-state index in [0.717, 1.165) is 20.9 Å². The Morgan fingerprint density at radius 3 is 2.86 bits per heavy atom. The molecular weight excluding hydrogens is 437 g/mol. The highest BCUT2D eigenvalue weighted by Gasteiger charge is 2.19. The normalized spacial score (nSPS) is 11.1. The molecule has 0 saturated heterocycles. The van der Waals surface area contributed by atoms with Crippen molar-refractivity contribution in [2.75, 3.05) is 5.32 Å². The molecule has 2 aromatic heterocycles. The average Bonchev–Trinajstić information content (AvgIpc) is 3.25. The Bertz CT molecular complexity index is 1170. The van der Waals surface area contributed by atoms with Gasteiger partial charge >= 0.3 is 0 Å². The molecule has 0 bridgehead atoms. The first-order valence-electron chi connectivity index (χ1n) is 8.21. The van der Waals surface area contributed by atoms with Gasteiger partial charge in [0, 0.05) is 26.7 Å². The van der Waals surface area contributed by atoms with E-state index in [0.29, 0.717) is 26.5 Å². The number of anilines is 1. The summed E-state index contributed by atoms with van der Waals surface area (Å²) in [5.74, 6) is 0.535. The summed E-state index contributed by atoms with van der Waals surface area (Å²) < 4.78 is 6.42. The predicted molar refractivity (Wildman–Crippen MR) is 115 cm³/mol. The lowest BCUT2D eigenvalue weighted by molar-refractivity contribution is 0.0998. The molecule has 0 radical (unpaired) electrons. The van der Waals surface area contributed by atoms with Crippen LogP contribution in [0.3, 0.4) is 0 Å². The van der Waals surface area contributed by atoms with E-state index < -0.39 is 0 Å². The van der Waals surface area contributed by atoms with Crippen molar-refractivity contribution in [2.45, 2.75) is 17.0 Å². The summed E-state index contributed by atoms with van der Waals surface area (Å²) in [5.41, 5.74) is 2.36. The van der Waals surface area contributed by atoms with Crippen molar-refractivity contribution in [3.63, 3.8) is 0 Å². The van der Waals surface area contributed by atoms with Crippen LogP contribution in [-0.2, 0) is 5.75 Å². The summed E-state index contributed by atoms with van der Waals surface area (Å²) in [6.07, 6.45) is 0. The van der Waals surface area contributed by atoms with Crippen molar-refractivity contribution in [2.24, 2.45) is 0 Å². The van der Waals surface area contributed by atoms with Crippen LogP contribution in [0.15, 0.2) is 51.2 Å². The van der Waals surface area contributed by atoms with E-state index in [4.69, 9.17) is 27.6 Å². The molecule has 0 aliphatic rings. The smallest absolute Gasteiger partial charge is 0.293 e. The van der Waals surface area contributed by atoms with Gasteiger partial charge in [0.25, 0.3) is 5.91 Å². The van der Waals surface area contributed by atoms with E-state index in [2.05, 4.69) is 15.5 Å². The number of thioether (sulfide) groups is 1. The molecule has 0 aliphatic heterocycles. The summed E-state index contributed by atoms with van der Waals surface area (Å²) in [5, 5.41) is 13.4. The number of hydrogen-bond donors (Lipinski definition) is 1. The van der Waals surface area contributed by atoms with Gasteiger partial charge in [0.1, 0.15) is 5.58 Å². The molecule has 1 amide bonds. The van der Waals surface area contributed by atoms with E-state index in [1.807, 2.05) is 31.2 Å². The van der Waals surface area contributed by atoms with Crippen LogP contribution in [0.1, 0.15) is 21.7 Å². The first kappa shape index (κ1) is 19.3. The summed E-state index contributed by atoms with van der Waals surface area (Å²) in [7, 11) is 0. The van der Waals surface area contributed by atoms with Crippen LogP contribution in [0.5, 0.6) is 0 Å². The first-order valence-corrected chi connectivity index (χ1v) is 10.8. The number of fused-ring (bicyclic) bond motifs is 1. The molecule has 0 atom stereocenters. The molecule has 142 valence electrons. The van der Waals surface area contributed by atoms with E-state index in [1.165, 1.54) is 23.1 Å². The van der Waals surface area contributed by atoms with Gasteiger partial charge in [-0.05, 0) is 36.8 Å². The zero-order valence-electron chi connectivity index (χ0n) is 14.5. The molecular formula is C19H13Cl2N3O2S2. The Morgan fingerprint density at radius 1 is 1.21 bits per heavy atom. The molecule has 28 heavy (non-hydrogen) atoms. The van der Waals surface area contributed by atoms with Gasteiger partial charge in [0.15, 0.2) is 10.1 Å². The number of rotatable bonds is 5. The van der Waals surface area contributed by atoms with Crippen molar-refractivity contribution >= 4 is 68.3 Å². The maximum atomic E-state index is 12.6. The Hall–Kier alpha value is -2.06. The Balaban J connectivity index is 1.46. The highest BCUT2D eigenvalue weighted by molar-refractivity contribution is 8.00. The van der Waals surface area contributed by atoms with Crippen molar-refractivity contribution in [1.29, 1.82) is 0 Å². The van der Waals surface area contributed by atoms with E-state index in [1.54, 1.807) is 18.2 Å². The lowest BCUT2D eigenvalue weighted by atomic mass is 10.1. The molecule has 1 N–H and O–H groups in total. The number of hydrogen-bond acceptors (Lipinski definition) is 6. The van der Waals surface area contributed by atoms with Crippen molar-refractivity contribution in [3.05, 3.63) is 69.4 Å². The molecule has 0 fully saturated rings. The van der Waals surface area contributed by atoms with E-state index in [-0.39, 0.29) is 11.7 Å². The third-order valence-electron chi connectivity index (χ3n) is 4.04. The standard InChI is InChI=1S/C19H13Cl2N3O2S2/c1-10-13-8-12(20)6-7-15(13)26-16(10)17(25)22-18-23-24-19(28-18)27-9-11-4-2-3-5-14(11)21/h2-8H,9H2,1H3,(H,22,23,25). The molecule has 9 heteroatoms. The van der Waals surface area contributed by atoms with Crippen LogP contribution < -0.4 is 5.32 Å². The fourth-order valence-corrected chi connectivity index (χ4v) is 4.84. The highest BCUT2D eigenvalue weighted by Crippen LogP contribution is 2.32. The van der Waals surface area contributed by atoms with Crippen LogP contribution in [0.4, 0.5) is 5.13 Å². The van der Waals surface area contributed by atoms with Gasteiger partial charge in [-0.15, -0.1) is 10.2 Å². The lowest BCUT2D eigenvalue weighted by Gasteiger charge is -2.00. The number of halogens is 2. The second-order valence-corrected chi connectivity index (χ2v) is 8.95. The maximum Gasteiger partial charge on any atom is 0.293 e. The second kappa shape index (κ2) is 8.13. The van der Waals surface area contributed by atoms with Gasteiger partial charge < -0.3 is 4.42 Å². The van der Waals surface area contributed by atoms with Crippen molar-refractivity contribution in [3.8, 4) is 0 Å². The minimum Gasteiger partial charge on any atom is -0.451 e. The number of amides is 1. The highest BCUT2D eigenvalue weighted by atomic mass is 35.5. The van der Waals surface area contributed by atoms with Gasteiger partial charge in [-0.1, -0.05) is 64.5 Å². The molecule has 5 nitrogen and oxygen atoms in total. The molecule has 4 rings (SSSR count). The van der Waals surface area contributed by atoms with Crippen LogP contribution >= 0.6 is 46.3 Å². The summed E-state index contributed by atoms with van der Waals surface area (Å²) in [6, 6.07) is 12.9.